The second-order valence-corrected chi connectivity index (χ2v) is 9.96. The van der Waals surface area contributed by atoms with Crippen LogP contribution in [0.15, 0.2) is 60.9 Å². The Labute approximate surface area is 203 Å². The zero-order chi connectivity index (χ0) is 25.9. The summed E-state index contributed by atoms with van der Waals surface area (Å²) in [5, 5.41) is 2.94. The van der Waals surface area contributed by atoms with E-state index in [1.807, 2.05) is 0 Å². The van der Waals surface area contributed by atoms with Gasteiger partial charge in [-0.25, -0.2) is 35.9 Å². The molecule has 1 N–H and O–H groups in total. The van der Waals surface area contributed by atoms with Crippen LogP contribution in [0.2, 0.25) is 0 Å². The molecule has 0 bridgehead atoms. The van der Waals surface area contributed by atoms with Gasteiger partial charge in [-0.15, -0.1) is 0 Å². The number of aromatic nitrogens is 3. The number of nitrogens with one attached hydrogen (secondary N) is 1. The molecule has 0 atom stereocenters. The summed E-state index contributed by atoms with van der Waals surface area (Å²) in [5.74, 6) is -4.37. The largest absolute Gasteiger partial charge is 0.488 e. The highest BCUT2D eigenvalue weighted by Crippen LogP contribution is 2.30. The molecule has 186 valence electrons. The highest BCUT2D eigenvalue weighted by Gasteiger charge is 2.16. The van der Waals surface area contributed by atoms with Gasteiger partial charge in [-0.2, -0.15) is 4.98 Å². The van der Waals surface area contributed by atoms with E-state index < -0.39 is 45.3 Å². The van der Waals surface area contributed by atoms with Crippen LogP contribution < -0.4 is 10.1 Å². The molecule has 4 aromatic rings. The van der Waals surface area contributed by atoms with Gasteiger partial charge in [0.1, 0.15) is 30.3 Å². The summed E-state index contributed by atoms with van der Waals surface area (Å²) in [6.45, 7) is -0.583. The Morgan fingerprint density at radius 3 is 2.53 bits per heavy atom. The number of sulfone groups is 1. The summed E-state index contributed by atoms with van der Waals surface area (Å²) in [7, 11) is -3.23. The van der Waals surface area contributed by atoms with Crippen molar-refractivity contribution in [3.05, 3.63) is 95.3 Å². The SMILES string of the molecule is CS(=O)(=O)Cc1cccc(Nc2ncnc(-c3ccc(F)cc3OCc3cc(F)cc(F)c3F)n2)c1. The van der Waals surface area contributed by atoms with Gasteiger partial charge in [0, 0.05) is 29.6 Å². The number of rotatable bonds is 8. The maximum Gasteiger partial charge on any atom is 0.230 e. The summed E-state index contributed by atoms with van der Waals surface area (Å²) < 4.78 is 83.6. The van der Waals surface area contributed by atoms with Crippen LogP contribution in [0.3, 0.4) is 0 Å². The fraction of sp³-hybridized carbons (Fsp3) is 0.125. The molecule has 12 heteroatoms. The van der Waals surface area contributed by atoms with Gasteiger partial charge >= 0.3 is 0 Å². The Morgan fingerprint density at radius 1 is 0.944 bits per heavy atom. The van der Waals surface area contributed by atoms with Crippen LogP contribution in [-0.2, 0) is 22.2 Å². The van der Waals surface area contributed by atoms with Crippen molar-refractivity contribution < 1.29 is 30.7 Å². The van der Waals surface area contributed by atoms with Gasteiger partial charge in [0.05, 0.1) is 11.3 Å². The van der Waals surface area contributed by atoms with Crippen molar-refractivity contribution >= 4 is 21.5 Å². The van der Waals surface area contributed by atoms with E-state index in [2.05, 4.69) is 20.3 Å². The number of ether oxygens (including phenoxy) is 1. The number of nitrogens with zero attached hydrogens (tertiary/aromatic N) is 3. The molecule has 3 aromatic carbocycles. The predicted molar refractivity (Wildman–Crippen MR) is 124 cm³/mol. The molecule has 1 aromatic heterocycles. The third-order valence-electron chi connectivity index (χ3n) is 4.82. The van der Waals surface area contributed by atoms with Crippen LogP contribution in [0, 0.1) is 23.3 Å². The van der Waals surface area contributed by atoms with Crippen LogP contribution in [0.5, 0.6) is 5.75 Å². The van der Waals surface area contributed by atoms with Gasteiger partial charge in [0.25, 0.3) is 0 Å². The molecule has 0 saturated carbocycles. The van der Waals surface area contributed by atoms with Crippen LogP contribution in [-0.4, -0.2) is 29.6 Å². The molecule has 4 rings (SSSR count). The molecular weight excluding hydrogens is 500 g/mol. The normalized spacial score (nSPS) is 11.4. The van der Waals surface area contributed by atoms with Gasteiger partial charge in [0.15, 0.2) is 27.3 Å². The lowest BCUT2D eigenvalue weighted by Gasteiger charge is -2.13. The fourth-order valence-electron chi connectivity index (χ4n) is 3.33. The molecule has 0 aliphatic carbocycles. The van der Waals surface area contributed by atoms with Crippen LogP contribution in [0.4, 0.5) is 29.2 Å². The monoisotopic (exact) mass is 518 g/mol. The van der Waals surface area contributed by atoms with Crippen molar-refractivity contribution in [1.29, 1.82) is 0 Å². The Hall–Kier alpha value is -4.06. The quantitative estimate of drug-likeness (QED) is 0.260. The zero-order valence-electron chi connectivity index (χ0n) is 18.7. The molecule has 0 radical (unpaired) electrons. The number of benzene rings is 3. The molecule has 1 heterocycles. The first-order chi connectivity index (χ1) is 17.1. The average Bonchev–Trinajstić information content (AvgIpc) is 2.80. The van der Waals surface area contributed by atoms with Crippen molar-refractivity contribution in [2.45, 2.75) is 12.4 Å². The van der Waals surface area contributed by atoms with E-state index in [4.69, 9.17) is 4.74 Å². The first kappa shape index (κ1) is 25.0. The minimum atomic E-state index is -3.23. The molecule has 0 saturated heterocycles. The zero-order valence-corrected chi connectivity index (χ0v) is 19.5. The van der Waals surface area contributed by atoms with E-state index in [0.717, 1.165) is 24.5 Å². The summed E-state index contributed by atoms with van der Waals surface area (Å²) in [6, 6.07) is 11.3. The van der Waals surface area contributed by atoms with Crippen LogP contribution in [0.1, 0.15) is 11.1 Å². The van der Waals surface area contributed by atoms with E-state index in [1.54, 1.807) is 24.3 Å². The third kappa shape index (κ3) is 6.33. The van der Waals surface area contributed by atoms with Gasteiger partial charge in [0.2, 0.25) is 5.95 Å². The summed E-state index contributed by atoms with van der Waals surface area (Å²) >= 11 is 0. The molecule has 0 aliphatic rings. The highest BCUT2D eigenvalue weighted by molar-refractivity contribution is 7.89. The van der Waals surface area contributed by atoms with Crippen molar-refractivity contribution in [2.24, 2.45) is 0 Å². The smallest absolute Gasteiger partial charge is 0.230 e. The minimum Gasteiger partial charge on any atom is -0.488 e. The molecule has 0 fully saturated rings. The maximum atomic E-state index is 14.0. The van der Waals surface area contributed by atoms with E-state index in [9.17, 15) is 26.0 Å². The summed E-state index contributed by atoms with van der Waals surface area (Å²) in [4.78, 5) is 12.4. The Balaban J connectivity index is 1.59. The molecule has 0 unspecified atom stereocenters. The summed E-state index contributed by atoms with van der Waals surface area (Å²) in [5.41, 5.74) is 0.902. The van der Waals surface area contributed by atoms with E-state index in [1.165, 1.54) is 12.4 Å². The number of halogens is 4. The van der Waals surface area contributed by atoms with Crippen molar-refractivity contribution in [3.63, 3.8) is 0 Å². The number of hydrogen-bond donors (Lipinski definition) is 1. The van der Waals surface area contributed by atoms with Gasteiger partial charge < -0.3 is 10.1 Å². The van der Waals surface area contributed by atoms with Crippen molar-refractivity contribution in [3.8, 4) is 17.1 Å². The van der Waals surface area contributed by atoms with E-state index in [-0.39, 0.29) is 28.8 Å². The lowest BCUT2D eigenvalue weighted by molar-refractivity contribution is 0.295. The van der Waals surface area contributed by atoms with Crippen molar-refractivity contribution in [1.82, 2.24) is 15.0 Å². The van der Waals surface area contributed by atoms with Gasteiger partial charge in [-0.3, -0.25) is 0 Å². The first-order valence-corrected chi connectivity index (χ1v) is 12.4. The second kappa shape index (κ2) is 10.3. The van der Waals surface area contributed by atoms with Gasteiger partial charge in [-0.1, -0.05) is 12.1 Å². The Morgan fingerprint density at radius 2 is 1.75 bits per heavy atom. The minimum absolute atomic E-state index is 0.0701. The van der Waals surface area contributed by atoms with E-state index >= 15 is 0 Å². The summed E-state index contributed by atoms with van der Waals surface area (Å²) in [6.07, 6.45) is 2.33. The van der Waals surface area contributed by atoms with E-state index in [0.29, 0.717) is 17.3 Å². The fourth-order valence-corrected chi connectivity index (χ4v) is 4.11. The Kier molecular flexibility index (Phi) is 7.15. The van der Waals surface area contributed by atoms with Crippen molar-refractivity contribution in [2.75, 3.05) is 11.6 Å². The molecule has 36 heavy (non-hydrogen) atoms. The standard InChI is InChI=1S/C24H18F4N4O3S/c1-36(33,34)12-14-3-2-4-18(7-14)31-24-30-13-29-23(32-24)19-6-5-16(25)10-21(19)35-11-15-8-17(26)9-20(27)22(15)28/h2-10,13H,11-12H2,1H3,(H,29,30,31,32). The third-order valence-corrected chi connectivity index (χ3v) is 5.68. The molecule has 7 nitrogen and oxygen atoms in total. The topological polar surface area (TPSA) is 94.1 Å². The van der Waals surface area contributed by atoms with Crippen LogP contribution >= 0.6 is 0 Å². The lowest BCUT2D eigenvalue weighted by atomic mass is 10.1. The second-order valence-electron chi connectivity index (χ2n) is 7.82. The number of anilines is 2. The predicted octanol–water partition coefficient (Wildman–Crippen LogP) is 4.96. The average molecular weight is 518 g/mol. The molecular formula is C24H18F4N4O3S. The molecule has 0 amide bonds. The molecule has 0 aliphatic heterocycles. The lowest BCUT2D eigenvalue weighted by Crippen LogP contribution is -2.05. The van der Waals surface area contributed by atoms with Crippen LogP contribution in [0.25, 0.3) is 11.4 Å². The Bertz CT molecular complexity index is 1530. The van der Waals surface area contributed by atoms with Gasteiger partial charge in [-0.05, 0) is 35.9 Å². The molecule has 0 spiro atoms. The highest BCUT2D eigenvalue weighted by atomic mass is 32.2. The maximum absolute atomic E-state index is 14.0. The first-order valence-electron chi connectivity index (χ1n) is 10.4. The number of hydrogen-bond acceptors (Lipinski definition) is 7.